The predicted octanol–water partition coefficient (Wildman–Crippen LogP) is 2.18. The van der Waals surface area contributed by atoms with Gasteiger partial charge in [-0.25, -0.2) is 9.36 Å². The highest BCUT2D eigenvalue weighted by Gasteiger charge is 2.29. The topological polar surface area (TPSA) is 114 Å². The van der Waals surface area contributed by atoms with Crippen molar-refractivity contribution in [1.82, 2.24) is 9.72 Å². The number of hydrogen-bond acceptors (Lipinski definition) is 8. The van der Waals surface area contributed by atoms with Crippen molar-refractivity contribution in [2.45, 2.75) is 33.0 Å². The lowest BCUT2D eigenvalue weighted by atomic mass is 10.0. The number of carbonyl (C=O) groups is 1. The van der Waals surface area contributed by atoms with Gasteiger partial charge in [-0.2, -0.15) is 5.26 Å². The SMILES string of the molecule is Cc1cn(-c2noc3c(C#N)c(N4C[C@@H](C)O[C@H](C)C4)c(C=O)cc23)c(=O)o1. The fourth-order valence-electron chi connectivity index (χ4n) is 3.74. The van der Waals surface area contributed by atoms with Crippen molar-refractivity contribution in [2.75, 3.05) is 18.0 Å². The zero-order valence-corrected chi connectivity index (χ0v) is 15.6. The molecular formula is C19H18N4O5. The number of oxazole rings is 1. The molecule has 0 amide bonds. The molecule has 2 atom stereocenters. The predicted molar refractivity (Wildman–Crippen MR) is 98.9 cm³/mol. The van der Waals surface area contributed by atoms with Crippen LogP contribution in [0.25, 0.3) is 16.8 Å². The van der Waals surface area contributed by atoms with E-state index in [4.69, 9.17) is 13.7 Å². The van der Waals surface area contributed by atoms with E-state index in [2.05, 4.69) is 11.2 Å². The number of morpholine rings is 1. The molecule has 0 saturated carbocycles. The van der Waals surface area contributed by atoms with Crippen LogP contribution in [0.15, 0.2) is 26.0 Å². The van der Waals surface area contributed by atoms with E-state index < -0.39 is 5.76 Å². The highest BCUT2D eigenvalue weighted by molar-refractivity contribution is 6.01. The van der Waals surface area contributed by atoms with Gasteiger partial charge in [0, 0.05) is 18.7 Å². The van der Waals surface area contributed by atoms with Crippen LogP contribution in [0, 0.1) is 18.3 Å². The second-order valence-electron chi connectivity index (χ2n) is 6.94. The molecule has 0 radical (unpaired) electrons. The van der Waals surface area contributed by atoms with Crippen molar-refractivity contribution in [3.63, 3.8) is 0 Å². The van der Waals surface area contributed by atoms with E-state index in [-0.39, 0.29) is 29.2 Å². The summed E-state index contributed by atoms with van der Waals surface area (Å²) in [7, 11) is 0. The molecule has 1 aromatic carbocycles. The Labute approximate surface area is 159 Å². The summed E-state index contributed by atoms with van der Waals surface area (Å²) in [6.07, 6.45) is 2.07. The first kappa shape index (κ1) is 18.0. The van der Waals surface area contributed by atoms with Crippen molar-refractivity contribution in [3.8, 4) is 11.9 Å². The number of aromatic nitrogens is 2. The van der Waals surface area contributed by atoms with Crippen molar-refractivity contribution < 1.29 is 18.5 Å². The van der Waals surface area contributed by atoms with Gasteiger partial charge in [0.05, 0.1) is 29.5 Å². The molecule has 0 unspecified atom stereocenters. The van der Waals surface area contributed by atoms with Gasteiger partial charge in [0.2, 0.25) is 0 Å². The monoisotopic (exact) mass is 382 g/mol. The number of rotatable bonds is 3. The van der Waals surface area contributed by atoms with Crippen LogP contribution < -0.4 is 10.7 Å². The molecule has 1 aliphatic heterocycles. The summed E-state index contributed by atoms with van der Waals surface area (Å²) in [6.45, 7) is 6.58. The molecule has 0 spiro atoms. The summed E-state index contributed by atoms with van der Waals surface area (Å²) in [5.41, 5.74) is 1.23. The number of hydrogen-bond donors (Lipinski definition) is 0. The summed E-state index contributed by atoms with van der Waals surface area (Å²) in [5, 5.41) is 14.2. The fraction of sp³-hybridized carbons (Fsp3) is 0.368. The molecule has 2 aromatic heterocycles. The first-order valence-electron chi connectivity index (χ1n) is 8.84. The van der Waals surface area contributed by atoms with Crippen LogP contribution in [-0.2, 0) is 4.74 Å². The molecule has 1 saturated heterocycles. The van der Waals surface area contributed by atoms with Crippen molar-refractivity contribution in [2.24, 2.45) is 0 Å². The molecule has 1 aliphatic rings. The summed E-state index contributed by atoms with van der Waals surface area (Å²) >= 11 is 0. The number of carbonyl (C=O) groups excluding carboxylic acids is 1. The van der Waals surface area contributed by atoms with Gasteiger partial charge in [0.25, 0.3) is 0 Å². The number of anilines is 1. The summed E-state index contributed by atoms with van der Waals surface area (Å²) in [4.78, 5) is 25.9. The minimum Gasteiger partial charge on any atom is -0.413 e. The zero-order chi connectivity index (χ0) is 20.0. The smallest absolute Gasteiger partial charge is 0.413 e. The van der Waals surface area contributed by atoms with Gasteiger partial charge in [-0.15, -0.1) is 0 Å². The number of ether oxygens (including phenoxy) is 1. The third-order valence-corrected chi connectivity index (χ3v) is 4.70. The van der Waals surface area contributed by atoms with Crippen LogP contribution in [0.3, 0.4) is 0 Å². The standard InChI is InChI=1S/C19H18N4O5/c1-10-6-22(7-11(2)26-10)16-13(9-24)4-14-17(15(16)5-20)28-21-18(14)23-8-12(3)27-19(23)25/h4,8-11H,6-7H2,1-3H3/t10-,11-/m1/s1. The number of benzene rings is 1. The molecule has 28 heavy (non-hydrogen) atoms. The normalized spacial score (nSPS) is 19.7. The Morgan fingerprint density at radius 2 is 2.04 bits per heavy atom. The number of aryl methyl sites for hydroxylation is 1. The van der Waals surface area contributed by atoms with Gasteiger partial charge in [-0.1, -0.05) is 5.16 Å². The van der Waals surface area contributed by atoms with Crippen LogP contribution in [0.4, 0.5) is 5.69 Å². The van der Waals surface area contributed by atoms with E-state index >= 15 is 0 Å². The van der Waals surface area contributed by atoms with E-state index in [1.807, 2.05) is 18.7 Å². The summed E-state index contributed by atoms with van der Waals surface area (Å²) in [6, 6.07) is 3.73. The number of aldehydes is 1. The maximum atomic E-state index is 12.0. The molecule has 144 valence electrons. The van der Waals surface area contributed by atoms with Crippen molar-refractivity contribution >= 4 is 22.9 Å². The van der Waals surface area contributed by atoms with E-state index in [0.29, 0.717) is 41.8 Å². The summed E-state index contributed by atoms with van der Waals surface area (Å²) < 4.78 is 17.4. The minimum atomic E-state index is -0.626. The van der Waals surface area contributed by atoms with Gasteiger partial charge < -0.3 is 18.6 Å². The molecule has 3 aromatic rings. The van der Waals surface area contributed by atoms with Crippen molar-refractivity contribution in [1.29, 1.82) is 5.26 Å². The molecule has 0 N–H and O–H groups in total. The fourth-order valence-corrected chi connectivity index (χ4v) is 3.74. The third kappa shape index (κ3) is 2.78. The largest absolute Gasteiger partial charge is 0.425 e. The molecule has 1 fully saturated rings. The lowest BCUT2D eigenvalue weighted by Crippen LogP contribution is -2.46. The van der Waals surface area contributed by atoms with Crippen molar-refractivity contribution in [3.05, 3.63) is 39.7 Å². The zero-order valence-electron chi connectivity index (χ0n) is 15.6. The number of fused-ring (bicyclic) bond motifs is 1. The number of nitrogens with zero attached hydrogens (tertiary/aromatic N) is 4. The van der Waals surface area contributed by atoms with Gasteiger partial charge in [-0.05, 0) is 26.8 Å². The second kappa shape index (κ2) is 6.65. The molecule has 9 nitrogen and oxygen atoms in total. The van der Waals surface area contributed by atoms with E-state index in [9.17, 15) is 14.9 Å². The Hall–Kier alpha value is -3.38. The Morgan fingerprint density at radius 1 is 1.32 bits per heavy atom. The van der Waals surface area contributed by atoms with Crippen LogP contribution in [-0.4, -0.2) is 41.3 Å². The first-order chi connectivity index (χ1) is 13.4. The highest BCUT2D eigenvalue weighted by atomic mass is 16.5. The van der Waals surface area contributed by atoms with Crippen LogP contribution >= 0.6 is 0 Å². The molecule has 0 bridgehead atoms. The Morgan fingerprint density at radius 3 is 2.61 bits per heavy atom. The minimum absolute atomic E-state index is 0.0525. The van der Waals surface area contributed by atoms with Crippen LogP contribution in [0.2, 0.25) is 0 Å². The number of nitriles is 1. The van der Waals surface area contributed by atoms with E-state index in [0.717, 1.165) is 0 Å². The van der Waals surface area contributed by atoms with E-state index in [1.54, 1.807) is 13.0 Å². The third-order valence-electron chi connectivity index (χ3n) is 4.70. The average molecular weight is 382 g/mol. The summed E-state index contributed by atoms with van der Waals surface area (Å²) in [5.74, 6) is -0.0457. The molecule has 4 rings (SSSR count). The average Bonchev–Trinajstić information content (AvgIpc) is 3.21. The molecule has 0 aliphatic carbocycles. The Balaban J connectivity index is 1.96. The quantitative estimate of drug-likeness (QED) is 0.633. The molecule has 3 heterocycles. The molecule has 9 heteroatoms. The van der Waals surface area contributed by atoms with Gasteiger partial charge in [0.1, 0.15) is 17.4 Å². The van der Waals surface area contributed by atoms with Crippen LogP contribution in [0.5, 0.6) is 0 Å². The Kier molecular flexibility index (Phi) is 4.28. The first-order valence-corrected chi connectivity index (χ1v) is 8.84. The Bertz CT molecular complexity index is 1160. The van der Waals surface area contributed by atoms with Gasteiger partial charge in [-0.3, -0.25) is 4.79 Å². The lowest BCUT2D eigenvalue weighted by molar-refractivity contribution is -0.00526. The maximum absolute atomic E-state index is 12.0. The molecular weight excluding hydrogens is 364 g/mol. The van der Waals surface area contributed by atoms with Gasteiger partial charge in [0.15, 0.2) is 17.7 Å². The van der Waals surface area contributed by atoms with E-state index in [1.165, 1.54) is 10.8 Å². The van der Waals surface area contributed by atoms with Crippen LogP contribution in [0.1, 0.15) is 35.5 Å². The lowest BCUT2D eigenvalue weighted by Gasteiger charge is -2.37. The maximum Gasteiger partial charge on any atom is 0.425 e. The highest BCUT2D eigenvalue weighted by Crippen LogP contribution is 2.35. The van der Waals surface area contributed by atoms with Gasteiger partial charge >= 0.3 is 5.76 Å². The second-order valence-corrected chi connectivity index (χ2v) is 6.94.